The fourth-order valence-electron chi connectivity index (χ4n) is 3.09. The van der Waals surface area contributed by atoms with Gasteiger partial charge < -0.3 is 10.6 Å². The molecule has 0 aliphatic carbocycles. The van der Waals surface area contributed by atoms with E-state index in [1.54, 1.807) is 0 Å². The molecule has 0 spiro atoms. The molecule has 1 aromatic heterocycles. The van der Waals surface area contributed by atoms with Gasteiger partial charge in [-0.15, -0.1) is 0 Å². The summed E-state index contributed by atoms with van der Waals surface area (Å²) in [4.78, 5) is 14.0. The maximum Gasteiger partial charge on any atom is 0.135 e. The minimum Gasteiger partial charge on any atom is -0.384 e. The van der Waals surface area contributed by atoms with Crippen molar-refractivity contribution < 1.29 is 0 Å². The largest absolute Gasteiger partial charge is 0.384 e. The first-order valence-electron chi connectivity index (χ1n) is 7.27. The number of nitrogens with zero attached hydrogens (tertiary/aromatic N) is 4. The zero-order valence-electron chi connectivity index (χ0n) is 11.8. The van der Waals surface area contributed by atoms with E-state index in [0.29, 0.717) is 17.8 Å². The van der Waals surface area contributed by atoms with Crippen molar-refractivity contribution in [2.75, 3.05) is 36.8 Å². The number of nitrogen functional groups attached to an aromatic ring is 1. The molecular weight excluding hydrogens is 238 g/mol. The standard InChI is InChI=1S/C14H23N5/c1-10(2)14-16-12(15)8-13(17-14)19-7-6-18-5-3-4-11(18)9-19/h8,10-11H,3-7,9H2,1-2H3,(H2,15,16,17). The Bertz CT molecular complexity index is 459. The van der Waals surface area contributed by atoms with Gasteiger partial charge in [0.05, 0.1) is 0 Å². The van der Waals surface area contributed by atoms with E-state index in [9.17, 15) is 0 Å². The molecule has 0 amide bonds. The average molecular weight is 261 g/mol. The molecule has 0 radical (unpaired) electrons. The first-order valence-corrected chi connectivity index (χ1v) is 7.27. The van der Waals surface area contributed by atoms with Crippen LogP contribution in [-0.4, -0.2) is 47.1 Å². The SMILES string of the molecule is CC(C)c1nc(N)cc(N2CCN3CCCC3C2)n1. The van der Waals surface area contributed by atoms with Gasteiger partial charge in [-0.25, -0.2) is 9.97 Å². The number of hydrogen-bond donors (Lipinski definition) is 1. The molecule has 2 aliphatic heterocycles. The third-order valence-corrected chi connectivity index (χ3v) is 4.18. The zero-order chi connectivity index (χ0) is 13.4. The highest BCUT2D eigenvalue weighted by Crippen LogP contribution is 2.25. The van der Waals surface area contributed by atoms with E-state index in [2.05, 4.69) is 33.6 Å². The lowest BCUT2D eigenvalue weighted by Crippen LogP contribution is -2.50. The van der Waals surface area contributed by atoms with Gasteiger partial charge in [-0.1, -0.05) is 13.8 Å². The maximum absolute atomic E-state index is 5.92. The quantitative estimate of drug-likeness (QED) is 0.873. The van der Waals surface area contributed by atoms with Crippen LogP contribution in [-0.2, 0) is 0 Å². The number of fused-ring (bicyclic) bond motifs is 1. The molecule has 2 N–H and O–H groups in total. The first-order chi connectivity index (χ1) is 9.13. The fraction of sp³-hybridized carbons (Fsp3) is 0.714. The number of aromatic nitrogens is 2. The Morgan fingerprint density at radius 2 is 2.11 bits per heavy atom. The highest BCUT2D eigenvalue weighted by Gasteiger charge is 2.31. The van der Waals surface area contributed by atoms with E-state index in [-0.39, 0.29) is 0 Å². The summed E-state index contributed by atoms with van der Waals surface area (Å²) in [6.07, 6.45) is 2.65. The van der Waals surface area contributed by atoms with E-state index in [0.717, 1.165) is 31.3 Å². The van der Waals surface area contributed by atoms with E-state index in [1.165, 1.54) is 19.4 Å². The second-order valence-corrected chi connectivity index (χ2v) is 5.94. The lowest BCUT2D eigenvalue weighted by Gasteiger charge is -2.38. The number of piperazine rings is 1. The van der Waals surface area contributed by atoms with Gasteiger partial charge in [0.15, 0.2) is 0 Å². The molecule has 3 rings (SSSR count). The van der Waals surface area contributed by atoms with Crippen molar-refractivity contribution in [1.29, 1.82) is 0 Å². The highest BCUT2D eigenvalue weighted by atomic mass is 15.3. The first kappa shape index (κ1) is 12.7. The summed E-state index contributed by atoms with van der Waals surface area (Å²) in [6.45, 7) is 8.74. The summed E-state index contributed by atoms with van der Waals surface area (Å²) in [7, 11) is 0. The van der Waals surface area contributed by atoms with Gasteiger partial charge in [-0.3, -0.25) is 4.90 Å². The van der Waals surface area contributed by atoms with Gasteiger partial charge in [-0.05, 0) is 19.4 Å². The van der Waals surface area contributed by atoms with Crippen molar-refractivity contribution in [3.8, 4) is 0 Å². The molecule has 3 heterocycles. The average Bonchev–Trinajstić information content (AvgIpc) is 2.85. The van der Waals surface area contributed by atoms with Gasteiger partial charge in [0, 0.05) is 37.7 Å². The molecule has 0 saturated carbocycles. The lowest BCUT2D eigenvalue weighted by molar-refractivity contribution is 0.230. The monoisotopic (exact) mass is 261 g/mol. The summed E-state index contributed by atoms with van der Waals surface area (Å²) in [5, 5.41) is 0. The Kier molecular flexibility index (Phi) is 3.31. The van der Waals surface area contributed by atoms with Crippen LogP contribution in [0.3, 0.4) is 0 Å². The minimum absolute atomic E-state index is 0.315. The Hall–Kier alpha value is -1.36. The van der Waals surface area contributed by atoms with Crippen LogP contribution in [0, 0.1) is 0 Å². The lowest BCUT2D eigenvalue weighted by atomic mass is 10.1. The molecular formula is C14H23N5. The molecule has 1 aromatic rings. The van der Waals surface area contributed by atoms with Crippen LogP contribution in [0.2, 0.25) is 0 Å². The topological polar surface area (TPSA) is 58.3 Å². The van der Waals surface area contributed by atoms with Gasteiger partial charge in [0.2, 0.25) is 0 Å². The minimum atomic E-state index is 0.315. The Labute approximate surface area is 114 Å². The highest BCUT2D eigenvalue weighted by molar-refractivity contribution is 5.48. The third kappa shape index (κ3) is 2.52. The molecule has 0 bridgehead atoms. The Morgan fingerprint density at radius 3 is 2.89 bits per heavy atom. The molecule has 1 atom stereocenters. The number of nitrogens with two attached hydrogens (primary N) is 1. The van der Waals surface area contributed by atoms with Gasteiger partial charge in [0.1, 0.15) is 17.5 Å². The predicted molar refractivity (Wildman–Crippen MR) is 77.3 cm³/mol. The zero-order valence-corrected chi connectivity index (χ0v) is 11.8. The van der Waals surface area contributed by atoms with Crippen molar-refractivity contribution in [1.82, 2.24) is 14.9 Å². The van der Waals surface area contributed by atoms with Crippen LogP contribution in [0.4, 0.5) is 11.6 Å². The summed E-state index contributed by atoms with van der Waals surface area (Å²) in [6, 6.07) is 2.61. The molecule has 5 heteroatoms. The summed E-state index contributed by atoms with van der Waals surface area (Å²) >= 11 is 0. The van der Waals surface area contributed by atoms with E-state index in [1.807, 2.05) is 6.07 Å². The fourth-order valence-corrected chi connectivity index (χ4v) is 3.09. The summed E-state index contributed by atoms with van der Waals surface area (Å²) in [5.74, 6) is 2.75. The molecule has 19 heavy (non-hydrogen) atoms. The predicted octanol–water partition coefficient (Wildman–Crippen LogP) is 1.47. The van der Waals surface area contributed by atoms with E-state index >= 15 is 0 Å². The Balaban J connectivity index is 1.81. The molecule has 0 aromatic carbocycles. The molecule has 2 aliphatic rings. The van der Waals surface area contributed by atoms with Crippen LogP contribution >= 0.6 is 0 Å². The van der Waals surface area contributed by atoms with Crippen molar-refractivity contribution in [3.05, 3.63) is 11.9 Å². The number of rotatable bonds is 2. The molecule has 5 nitrogen and oxygen atoms in total. The van der Waals surface area contributed by atoms with Crippen molar-refractivity contribution in [2.45, 2.75) is 38.6 Å². The van der Waals surface area contributed by atoms with E-state index < -0.39 is 0 Å². The normalized spacial score (nSPS) is 23.9. The smallest absolute Gasteiger partial charge is 0.135 e. The second kappa shape index (κ2) is 4.96. The number of hydrogen-bond acceptors (Lipinski definition) is 5. The van der Waals surface area contributed by atoms with Gasteiger partial charge in [-0.2, -0.15) is 0 Å². The third-order valence-electron chi connectivity index (χ3n) is 4.18. The molecule has 2 saturated heterocycles. The van der Waals surface area contributed by atoms with Crippen molar-refractivity contribution >= 4 is 11.6 Å². The van der Waals surface area contributed by atoms with Crippen LogP contribution in [0.25, 0.3) is 0 Å². The van der Waals surface area contributed by atoms with Crippen LogP contribution in [0.15, 0.2) is 6.07 Å². The summed E-state index contributed by atoms with van der Waals surface area (Å²) < 4.78 is 0. The van der Waals surface area contributed by atoms with Crippen LogP contribution < -0.4 is 10.6 Å². The molecule has 104 valence electrons. The maximum atomic E-state index is 5.92. The Morgan fingerprint density at radius 1 is 1.26 bits per heavy atom. The van der Waals surface area contributed by atoms with Crippen molar-refractivity contribution in [2.24, 2.45) is 0 Å². The molecule has 2 fully saturated rings. The van der Waals surface area contributed by atoms with Gasteiger partial charge >= 0.3 is 0 Å². The van der Waals surface area contributed by atoms with Crippen molar-refractivity contribution in [3.63, 3.8) is 0 Å². The van der Waals surface area contributed by atoms with Gasteiger partial charge in [0.25, 0.3) is 0 Å². The van der Waals surface area contributed by atoms with E-state index in [4.69, 9.17) is 5.73 Å². The molecule has 1 unspecified atom stereocenters. The summed E-state index contributed by atoms with van der Waals surface area (Å²) in [5.41, 5.74) is 5.92. The van der Waals surface area contributed by atoms with Crippen LogP contribution in [0.1, 0.15) is 38.4 Å². The second-order valence-electron chi connectivity index (χ2n) is 5.94. The number of anilines is 2. The van der Waals surface area contributed by atoms with Crippen LogP contribution in [0.5, 0.6) is 0 Å².